The van der Waals surface area contributed by atoms with Crippen LogP contribution in [-0.4, -0.2) is 17.4 Å². The van der Waals surface area contributed by atoms with Gasteiger partial charge in [-0.25, -0.2) is 4.79 Å². The Hall–Kier alpha value is -1.16. The predicted octanol–water partition coefficient (Wildman–Crippen LogP) is 3.51. The minimum Gasteiger partial charge on any atom is -0.444 e. The maximum atomic E-state index is 11.5. The van der Waals surface area contributed by atoms with Gasteiger partial charge in [0.1, 0.15) is 5.60 Å². The van der Waals surface area contributed by atoms with Crippen LogP contribution in [0.4, 0.5) is 10.5 Å². The summed E-state index contributed by atoms with van der Waals surface area (Å²) in [5, 5.41) is 2.69. The second kappa shape index (κ2) is 5.96. The Morgan fingerprint density at radius 2 is 1.88 bits per heavy atom. The third-order valence-corrected chi connectivity index (χ3v) is 2.22. The largest absolute Gasteiger partial charge is 0.444 e. The fourth-order valence-corrected chi connectivity index (χ4v) is 1.56. The van der Waals surface area contributed by atoms with Crippen LogP contribution in [0.25, 0.3) is 0 Å². The first kappa shape index (κ1) is 13.9. The van der Waals surface area contributed by atoms with E-state index in [1.165, 1.54) is 5.56 Å². The van der Waals surface area contributed by atoms with Crippen molar-refractivity contribution in [2.24, 2.45) is 0 Å². The molecule has 0 atom stereocenters. The highest BCUT2D eigenvalue weighted by Crippen LogP contribution is 2.13. The predicted molar refractivity (Wildman–Crippen MR) is 73.9 cm³/mol. The number of nitrogens with one attached hydrogen (secondary N) is 1. The lowest BCUT2D eigenvalue weighted by Crippen LogP contribution is -2.27. The SMILES string of the molecule is CC(C)(C)OC(=O)Nc1ccc(CCS)cc1. The highest BCUT2D eigenvalue weighted by Gasteiger charge is 2.15. The van der Waals surface area contributed by atoms with Crippen LogP contribution in [0.2, 0.25) is 0 Å². The van der Waals surface area contributed by atoms with Gasteiger partial charge in [-0.1, -0.05) is 12.1 Å². The van der Waals surface area contributed by atoms with E-state index in [4.69, 9.17) is 4.74 Å². The van der Waals surface area contributed by atoms with Crippen LogP contribution in [0.3, 0.4) is 0 Å². The fraction of sp³-hybridized carbons (Fsp3) is 0.462. The monoisotopic (exact) mass is 253 g/mol. The molecule has 4 heteroatoms. The van der Waals surface area contributed by atoms with E-state index in [9.17, 15) is 4.79 Å². The summed E-state index contributed by atoms with van der Waals surface area (Å²) in [6.07, 6.45) is 0.495. The van der Waals surface area contributed by atoms with Crippen molar-refractivity contribution in [3.05, 3.63) is 29.8 Å². The number of ether oxygens (including phenoxy) is 1. The van der Waals surface area contributed by atoms with Crippen molar-refractivity contribution in [3.8, 4) is 0 Å². The lowest BCUT2D eigenvalue weighted by molar-refractivity contribution is 0.0636. The summed E-state index contributed by atoms with van der Waals surface area (Å²) in [4.78, 5) is 11.5. The molecule has 0 aromatic heterocycles. The van der Waals surface area contributed by atoms with Crippen molar-refractivity contribution in [2.75, 3.05) is 11.1 Å². The van der Waals surface area contributed by atoms with E-state index in [1.54, 1.807) is 0 Å². The van der Waals surface area contributed by atoms with E-state index in [0.717, 1.165) is 17.9 Å². The molecule has 0 bridgehead atoms. The molecule has 1 N–H and O–H groups in total. The molecular weight excluding hydrogens is 234 g/mol. The van der Waals surface area contributed by atoms with E-state index in [-0.39, 0.29) is 0 Å². The van der Waals surface area contributed by atoms with Gasteiger partial charge in [0.15, 0.2) is 0 Å². The van der Waals surface area contributed by atoms with E-state index >= 15 is 0 Å². The molecule has 0 aliphatic rings. The molecule has 0 saturated carbocycles. The van der Waals surface area contributed by atoms with Crippen LogP contribution < -0.4 is 5.32 Å². The lowest BCUT2D eigenvalue weighted by atomic mass is 10.1. The minimum absolute atomic E-state index is 0.431. The molecule has 0 fully saturated rings. The van der Waals surface area contributed by atoms with Gasteiger partial charge in [-0.05, 0) is 50.6 Å². The van der Waals surface area contributed by atoms with Crippen molar-refractivity contribution in [1.29, 1.82) is 0 Å². The normalized spacial score (nSPS) is 11.1. The minimum atomic E-state index is -0.476. The third kappa shape index (κ3) is 5.63. The molecule has 0 unspecified atom stereocenters. The molecule has 1 amide bonds. The van der Waals surface area contributed by atoms with Crippen LogP contribution in [0.15, 0.2) is 24.3 Å². The molecule has 0 aliphatic heterocycles. The van der Waals surface area contributed by atoms with E-state index in [2.05, 4.69) is 17.9 Å². The van der Waals surface area contributed by atoms with Crippen LogP contribution in [-0.2, 0) is 11.2 Å². The Balaban J connectivity index is 2.54. The van der Waals surface area contributed by atoms with Gasteiger partial charge >= 0.3 is 6.09 Å². The quantitative estimate of drug-likeness (QED) is 0.809. The van der Waals surface area contributed by atoms with Crippen LogP contribution in [0, 0.1) is 0 Å². The summed E-state index contributed by atoms with van der Waals surface area (Å²) in [6.45, 7) is 5.51. The Morgan fingerprint density at radius 1 is 1.29 bits per heavy atom. The van der Waals surface area contributed by atoms with E-state index < -0.39 is 11.7 Å². The molecule has 0 heterocycles. The summed E-state index contributed by atoms with van der Waals surface area (Å²) < 4.78 is 5.16. The van der Waals surface area contributed by atoms with Gasteiger partial charge in [-0.2, -0.15) is 12.6 Å². The van der Waals surface area contributed by atoms with Gasteiger partial charge < -0.3 is 4.74 Å². The molecule has 3 nitrogen and oxygen atoms in total. The Morgan fingerprint density at radius 3 is 2.35 bits per heavy atom. The van der Waals surface area contributed by atoms with Crippen LogP contribution in [0.1, 0.15) is 26.3 Å². The van der Waals surface area contributed by atoms with Crippen molar-refractivity contribution < 1.29 is 9.53 Å². The maximum Gasteiger partial charge on any atom is 0.412 e. The standard InChI is InChI=1S/C13H19NO2S/c1-13(2,3)16-12(15)14-11-6-4-10(5-7-11)8-9-17/h4-7,17H,8-9H2,1-3H3,(H,14,15). The fourth-order valence-electron chi connectivity index (χ4n) is 1.31. The number of carbonyl (C=O) groups is 1. The zero-order chi connectivity index (χ0) is 12.9. The number of hydrogen-bond donors (Lipinski definition) is 2. The Bertz CT molecular complexity index is 368. The number of anilines is 1. The molecule has 1 rings (SSSR count). The van der Waals surface area contributed by atoms with Crippen molar-refractivity contribution >= 4 is 24.4 Å². The molecule has 0 aliphatic carbocycles. The van der Waals surface area contributed by atoms with Crippen molar-refractivity contribution in [3.63, 3.8) is 0 Å². The second-order valence-electron chi connectivity index (χ2n) is 4.80. The van der Waals surface area contributed by atoms with Crippen molar-refractivity contribution in [1.82, 2.24) is 0 Å². The number of carbonyl (C=O) groups excluding carboxylic acids is 1. The topological polar surface area (TPSA) is 38.3 Å². The zero-order valence-corrected chi connectivity index (χ0v) is 11.4. The number of benzene rings is 1. The first-order valence-electron chi connectivity index (χ1n) is 5.60. The summed E-state index contributed by atoms with van der Waals surface area (Å²) in [5.74, 6) is 0.818. The molecule has 0 spiro atoms. The molecule has 1 aromatic rings. The number of rotatable bonds is 3. The van der Waals surface area contributed by atoms with Crippen LogP contribution in [0.5, 0.6) is 0 Å². The van der Waals surface area contributed by atoms with Gasteiger partial charge in [0.2, 0.25) is 0 Å². The van der Waals surface area contributed by atoms with Gasteiger partial charge in [0.05, 0.1) is 0 Å². The highest BCUT2D eigenvalue weighted by atomic mass is 32.1. The number of amides is 1. The lowest BCUT2D eigenvalue weighted by Gasteiger charge is -2.19. The smallest absolute Gasteiger partial charge is 0.412 e. The molecule has 1 aromatic carbocycles. The molecule has 94 valence electrons. The summed E-state index contributed by atoms with van der Waals surface area (Å²) >= 11 is 4.17. The molecule has 0 saturated heterocycles. The third-order valence-electron chi connectivity index (χ3n) is 2.00. The second-order valence-corrected chi connectivity index (χ2v) is 5.24. The molecule has 0 radical (unpaired) electrons. The Kier molecular flexibility index (Phi) is 4.87. The number of hydrogen-bond acceptors (Lipinski definition) is 3. The van der Waals surface area contributed by atoms with Gasteiger partial charge in [0.25, 0.3) is 0 Å². The Labute approximate surface area is 108 Å². The summed E-state index contributed by atoms with van der Waals surface area (Å²) in [7, 11) is 0. The average Bonchev–Trinajstić information content (AvgIpc) is 2.18. The van der Waals surface area contributed by atoms with Crippen molar-refractivity contribution in [2.45, 2.75) is 32.8 Å². The zero-order valence-electron chi connectivity index (χ0n) is 10.5. The molecule has 17 heavy (non-hydrogen) atoms. The van der Waals surface area contributed by atoms with Gasteiger partial charge in [-0.3, -0.25) is 5.32 Å². The first-order chi connectivity index (χ1) is 7.90. The highest BCUT2D eigenvalue weighted by molar-refractivity contribution is 7.80. The average molecular weight is 253 g/mol. The van der Waals surface area contributed by atoms with Gasteiger partial charge in [-0.15, -0.1) is 0 Å². The summed E-state index contributed by atoms with van der Waals surface area (Å²) in [5.41, 5.74) is 1.47. The van der Waals surface area contributed by atoms with Crippen LogP contribution >= 0.6 is 12.6 Å². The van der Waals surface area contributed by atoms with E-state index in [0.29, 0.717) is 0 Å². The number of aryl methyl sites for hydroxylation is 1. The van der Waals surface area contributed by atoms with E-state index in [1.807, 2.05) is 45.0 Å². The molecular formula is C13H19NO2S. The first-order valence-corrected chi connectivity index (χ1v) is 6.24. The maximum absolute atomic E-state index is 11.5. The summed E-state index contributed by atoms with van der Waals surface area (Å²) in [6, 6.07) is 7.68. The van der Waals surface area contributed by atoms with Gasteiger partial charge in [0, 0.05) is 5.69 Å². The number of thiol groups is 1.